The summed E-state index contributed by atoms with van der Waals surface area (Å²) in [6, 6.07) is 11.5. The molecule has 0 fully saturated rings. The van der Waals surface area contributed by atoms with E-state index in [9.17, 15) is 24.3 Å². The van der Waals surface area contributed by atoms with Crippen LogP contribution in [0.15, 0.2) is 42.5 Å². The second kappa shape index (κ2) is 13.3. The molecule has 0 bridgehead atoms. The molecule has 35 heavy (non-hydrogen) atoms. The van der Waals surface area contributed by atoms with Gasteiger partial charge in [-0.2, -0.15) is 0 Å². The SMILES string of the molecule is CC(=O)NCCOC(=O)[C@H](Cc1cccc2ccccc12)NC(=O)N(CC(C)C)CC(O)C(=O)O. The molecule has 1 unspecified atom stereocenters. The number of fused-ring (bicyclic) bond motifs is 1. The summed E-state index contributed by atoms with van der Waals surface area (Å²) in [6.07, 6.45) is -1.64. The molecule has 0 spiro atoms. The van der Waals surface area contributed by atoms with E-state index in [1.807, 2.05) is 56.3 Å². The number of urea groups is 1. The Kier molecular flexibility index (Phi) is 10.5. The molecule has 190 valence electrons. The zero-order valence-electron chi connectivity index (χ0n) is 20.2. The van der Waals surface area contributed by atoms with Crippen molar-refractivity contribution in [2.45, 2.75) is 39.3 Å². The van der Waals surface area contributed by atoms with Crippen molar-refractivity contribution in [2.75, 3.05) is 26.2 Å². The molecule has 0 radical (unpaired) electrons. The monoisotopic (exact) mass is 487 g/mol. The lowest BCUT2D eigenvalue weighted by Crippen LogP contribution is -2.52. The van der Waals surface area contributed by atoms with Gasteiger partial charge in [0.15, 0.2) is 6.10 Å². The molecule has 2 atom stereocenters. The fourth-order valence-electron chi connectivity index (χ4n) is 3.57. The number of benzene rings is 2. The Balaban J connectivity index is 2.25. The van der Waals surface area contributed by atoms with Crippen LogP contribution < -0.4 is 10.6 Å². The van der Waals surface area contributed by atoms with Crippen molar-refractivity contribution in [1.82, 2.24) is 15.5 Å². The molecular formula is C25H33N3O7. The van der Waals surface area contributed by atoms with Crippen LogP contribution in [0, 0.1) is 5.92 Å². The number of ether oxygens (including phenoxy) is 1. The maximum Gasteiger partial charge on any atom is 0.334 e. The number of aliphatic carboxylic acids is 1. The Labute approximate surface area is 204 Å². The molecule has 0 aliphatic carbocycles. The first-order valence-corrected chi connectivity index (χ1v) is 11.4. The topological polar surface area (TPSA) is 145 Å². The third kappa shape index (κ3) is 8.90. The molecule has 0 aromatic heterocycles. The fraction of sp³-hybridized carbons (Fsp3) is 0.440. The van der Waals surface area contributed by atoms with Crippen molar-refractivity contribution in [3.05, 3.63) is 48.0 Å². The minimum atomic E-state index is -1.76. The Hall–Kier alpha value is -3.66. The minimum absolute atomic E-state index is 0.0112. The quantitative estimate of drug-likeness (QED) is 0.262. The second-order valence-electron chi connectivity index (χ2n) is 8.65. The van der Waals surface area contributed by atoms with Crippen molar-refractivity contribution in [2.24, 2.45) is 5.92 Å². The molecule has 10 heteroatoms. The number of carbonyl (C=O) groups is 4. The Morgan fingerprint density at radius 2 is 1.71 bits per heavy atom. The largest absolute Gasteiger partial charge is 0.479 e. The van der Waals surface area contributed by atoms with Gasteiger partial charge in [0.1, 0.15) is 12.6 Å². The smallest absolute Gasteiger partial charge is 0.334 e. The zero-order chi connectivity index (χ0) is 26.0. The lowest BCUT2D eigenvalue weighted by molar-refractivity contribution is -0.148. The van der Waals surface area contributed by atoms with E-state index < -0.39 is 36.7 Å². The van der Waals surface area contributed by atoms with Crippen molar-refractivity contribution in [3.63, 3.8) is 0 Å². The number of aliphatic hydroxyl groups excluding tert-OH is 1. The lowest BCUT2D eigenvalue weighted by atomic mass is 9.99. The molecular weight excluding hydrogens is 454 g/mol. The first-order valence-electron chi connectivity index (χ1n) is 11.4. The number of amides is 3. The average molecular weight is 488 g/mol. The van der Waals surface area contributed by atoms with Crippen LogP contribution in [-0.4, -0.2) is 77.4 Å². The molecule has 0 aliphatic heterocycles. The highest BCUT2D eigenvalue weighted by atomic mass is 16.5. The van der Waals surface area contributed by atoms with Crippen molar-refractivity contribution < 1.29 is 34.1 Å². The number of carboxylic acids is 1. The van der Waals surface area contributed by atoms with E-state index in [0.29, 0.717) is 0 Å². The second-order valence-corrected chi connectivity index (χ2v) is 8.65. The van der Waals surface area contributed by atoms with Crippen LogP contribution >= 0.6 is 0 Å². The van der Waals surface area contributed by atoms with Gasteiger partial charge in [0.05, 0.1) is 13.1 Å². The number of nitrogens with one attached hydrogen (secondary N) is 2. The third-order valence-electron chi connectivity index (χ3n) is 5.16. The van der Waals surface area contributed by atoms with Crippen LogP contribution in [0.25, 0.3) is 10.8 Å². The summed E-state index contributed by atoms with van der Waals surface area (Å²) >= 11 is 0. The van der Waals surface area contributed by atoms with Crippen LogP contribution in [0.5, 0.6) is 0 Å². The summed E-state index contributed by atoms with van der Waals surface area (Å²) in [5, 5.41) is 25.9. The van der Waals surface area contributed by atoms with E-state index in [1.54, 1.807) is 0 Å². The molecule has 0 heterocycles. The average Bonchev–Trinajstić information content (AvgIpc) is 2.80. The predicted octanol–water partition coefficient (Wildman–Crippen LogP) is 1.54. The number of carboxylic acid groups (broad SMARTS) is 1. The number of nitrogens with zero attached hydrogens (tertiary/aromatic N) is 1. The molecule has 3 amide bonds. The van der Waals surface area contributed by atoms with Crippen molar-refractivity contribution in [1.29, 1.82) is 0 Å². The first-order chi connectivity index (χ1) is 16.6. The maximum atomic E-state index is 13.1. The summed E-state index contributed by atoms with van der Waals surface area (Å²) in [5.74, 6) is -2.41. The van der Waals surface area contributed by atoms with E-state index in [0.717, 1.165) is 16.3 Å². The standard InChI is InChI=1S/C25H33N3O7/c1-16(2)14-28(15-22(30)23(31)32)25(34)27-21(24(33)35-12-11-26-17(3)29)13-19-9-6-8-18-7-4-5-10-20(18)19/h4-10,16,21-22,30H,11-15H2,1-3H3,(H,26,29)(H,27,34)(H,31,32)/t21-,22?/m0/s1. The number of aliphatic hydroxyl groups is 1. The Bertz CT molecular complexity index is 1040. The van der Waals surface area contributed by atoms with Gasteiger partial charge in [0.2, 0.25) is 5.91 Å². The van der Waals surface area contributed by atoms with Gasteiger partial charge >= 0.3 is 18.0 Å². The maximum absolute atomic E-state index is 13.1. The number of hydrogen-bond acceptors (Lipinski definition) is 6. The van der Waals surface area contributed by atoms with Crippen LogP contribution in [0.2, 0.25) is 0 Å². The summed E-state index contributed by atoms with van der Waals surface area (Å²) in [5.41, 5.74) is 0.813. The molecule has 2 aromatic carbocycles. The molecule has 0 saturated carbocycles. The number of hydrogen-bond donors (Lipinski definition) is 4. The predicted molar refractivity (Wildman–Crippen MR) is 130 cm³/mol. The van der Waals surface area contributed by atoms with Gasteiger partial charge in [0.25, 0.3) is 0 Å². The van der Waals surface area contributed by atoms with E-state index in [1.165, 1.54) is 11.8 Å². The van der Waals surface area contributed by atoms with Gasteiger partial charge in [-0.05, 0) is 22.3 Å². The van der Waals surface area contributed by atoms with E-state index in [4.69, 9.17) is 9.84 Å². The van der Waals surface area contributed by atoms with Gasteiger partial charge < -0.3 is 30.5 Å². The minimum Gasteiger partial charge on any atom is -0.479 e. The number of esters is 1. The van der Waals surface area contributed by atoms with Crippen LogP contribution in [-0.2, 0) is 25.5 Å². The highest BCUT2D eigenvalue weighted by Crippen LogP contribution is 2.20. The zero-order valence-corrected chi connectivity index (χ0v) is 20.2. The summed E-state index contributed by atoms with van der Waals surface area (Å²) in [4.78, 5) is 49.3. The summed E-state index contributed by atoms with van der Waals surface area (Å²) in [6.45, 7) is 4.83. The van der Waals surface area contributed by atoms with Gasteiger partial charge in [0, 0.05) is 19.9 Å². The first kappa shape index (κ1) is 27.6. The number of carbonyl (C=O) groups excluding carboxylic acids is 3. The van der Waals surface area contributed by atoms with Gasteiger partial charge in [-0.25, -0.2) is 14.4 Å². The lowest BCUT2D eigenvalue weighted by Gasteiger charge is -2.28. The van der Waals surface area contributed by atoms with Gasteiger partial charge in [-0.15, -0.1) is 0 Å². The molecule has 4 N–H and O–H groups in total. The normalized spacial score (nSPS) is 12.6. The Morgan fingerprint density at radius 1 is 1.03 bits per heavy atom. The summed E-state index contributed by atoms with van der Waals surface area (Å²) in [7, 11) is 0. The summed E-state index contributed by atoms with van der Waals surface area (Å²) < 4.78 is 5.29. The third-order valence-corrected chi connectivity index (χ3v) is 5.16. The van der Waals surface area contributed by atoms with E-state index >= 15 is 0 Å². The van der Waals surface area contributed by atoms with E-state index in [-0.39, 0.29) is 37.9 Å². The van der Waals surface area contributed by atoms with E-state index in [2.05, 4.69) is 10.6 Å². The van der Waals surface area contributed by atoms with Crippen molar-refractivity contribution >= 4 is 34.6 Å². The molecule has 0 aliphatic rings. The Morgan fingerprint density at radius 3 is 2.37 bits per heavy atom. The molecule has 2 rings (SSSR count). The molecule has 10 nitrogen and oxygen atoms in total. The van der Waals surface area contributed by atoms with Crippen molar-refractivity contribution in [3.8, 4) is 0 Å². The highest BCUT2D eigenvalue weighted by molar-refractivity contribution is 5.88. The number of rotatable bonds is 12. The van der Waals surface area contributed by atoms with Gasteiger partial charge in [-0.1, -0.05) is 56.3 Å². The molecule has 0 saturated heterocycles. The fourth-order valence-corrected chi connectivity index (χ4v) is 3.57. The molecule has 2 aromatic rings. The van der Waals surface area contributed by atoms with Crippen LogP contribution in [0.3, 0.4) is 0 Å². The van der Waals surface area contributed by atoms with Crippen LogP contribution in [0.1, 0.15) is 26.3 Å². The van der Waals surface area contributed by atoms with Crippen LogP contribution in [0.4, 0.5) is 4.79 Å². The van der Waals surface area contributed by atoms with Gasteiger partial charge in [-0.3, -0.25) is 4.79 Å². The highest BCUT2D eigenvalue weighted by Gasteiger charge is 2.28.